The molecule has 2 heterocycles. The van der Waals surface area contributed by atoms with Crippen LogP contribution in [0.15, 0.2) is 10.6 Å². The van der Waals surface area contributed by atoms with Crippen LogP contribution in [0.3, 0.4) is 0 Å². The molecular weight excluding hydrogens is 252 g/mol. The molecule has 2 rings (SSSR count). The molecule has 1 saturated heterocycles. The maximum absolute atomic E-state index is 12.1. The van der Waals surface area contributed by atoms with E-state index < -0.39 is 5.97 Å². The molecule has 0 aromatic carbocycles. The maximum atomic E-state index is 12.1. The van der Waals surface area contributed by atoms with Crippen molar-refractivity contribution >= 4 is 11.9 Å². The van der Waals surface area contributed by atoms with Gasteiger partial charge in [-0.15, -0.1) is 0 Å². The molecular formula is C12H16N2O5. The summed E-state index contributed by atoms with van der Waals surface area (Å²) in [6.45, 7) is 2.51. The minimum absolute atomic E-state index is 0.0980. The molecule has 0 radical (unpaired) electrons. The summed E-state index contributed by atoms with van der Waals surface area (Å²) in [6.07, 6.45) is 1.17. The molecule has 1 aromatic heterocycles. The first-order valence-electron chi connectivity index (χ1n) is 6.12. The third-order valence-electron chi connectivity index (χ3n) is 3.02. The van der Waals surface area contributed by atoms with E-state index in [4.69, 9.17) is 14.4 Å². The molecule has 7 nitrogen and oxygen atoms in total. The van der Waals surface area contributed by atoms with Crippen molar-refractivity contribution in [1.82, 2.24) is 10.1 Å². The van der Waals surface area contributed by atoms with E-state index in [9.17, 15) is 9.59 Å². The van der Waals surface area contributed by atoms with Crippen molar-refractivity contribution < 1.29 is 24.0 Å². The van der Waals surface area contributed by atoms with Gasteiger partial charge in [0, 0.05) is 19.2 Å². The van der Waals surface area contributed by atoms with Crippen LogP contribution in [0.4, 0.5) is 0 Å². The predicted molar refractivity (Wildman–Crippen MR) is 63.8 cm³/mol. The lowest BCUT2D eigenvalue weighted by Crippen LogP contribution is -2.41. The highest BCUT2D eigenvalue weighted by Gasteiger charge is 2.26. The van der Waals surface area contributed by atoms with Gasteiger partial charge in [0.05, 0.1) is 6.10 Å². The maximum Gasteiger partial charge on any atom is 0.329 e. The molecule has 1 aliphatic heterocycles. The zero-order chi connectivity index (χ0) is 13.8. The van der Waals surface area contributed by atoms with Crippen molar-refractivity contribution in [2.75, 3.05) is 19.7 Å². The van der Waals surface area contributed by atoms with Gasteiger partial charge in [0.15, 0.2) is 5.69 Å². The van der Waals surface area contributed by atoms with E-state index in [0.29, 0.717) is 37.4 Å². The number of ether oxygens (including phenoxy) is 1. The van der Waals surface area contributed by atoms with E-state index in [-0.39, 0.29) is 18.6 Å². The van der Waals surface area contributed by atoms with Crippen LogP contribution in [0, 0.1) is 6.92 Å². The number of aromatic nitrogens is 1. The molecule has 19 heavy (non-hydrogen) atoms. The Hall–Kier alpha value is -1.89. The predicted octanol–water partition coefficient (Wildman–Crippen LogP) is 0.689. The molecule has 1 aromatic rings. The Balaban J connectivity index is 1.83. The Labute approximate surface area is 110 Å². The average molecular weight is 268 g/mol. The minimum Gasteiger partial charge on any atom is -0.480 e. The van der Waals surface area contributed by atoms with Crippen molar-refractivity contribution in [1.29, 1.82) is 0 Å². The number of aliphatic carboxylic acids is 1. The fraction of sp³-hybridized carbons (Fsp3) is 0.583. The Morgan fingerprint density at radius 1 is 1.53 bits per heavy atom. The first-order valence-corrected chi connectivity index (χ1v) is 6.12. The fourth-order valence-electron chi connectivity index (χ4n) is 2.04. The standard InChI is InChI=1S/C12H16N2O5/c1-8-6-10(13-19-8)12(17)14-4-2-9(3-5-14)18-7-11(15)16/h6,9H,2-5,7H2,1H3,(H,15,16). The zero-order valence-corrected chi connectivity index (χ0v) is 10.7. The second kappa shape index (κ2) is 5.83. The first-order chi connectivity index (χ1) is 9.06. The van der Waals surface area contributed by atoms with Gasteiger partial charge in [0.1, 0.15) is 12.4 Å². The molecule has 0 atom stereocenters. The number of hydrogen-bond acceptors (Lipinski definition) is 5. The fourth-order valence-corrected chi connectivity index (χ4v) is 2.04. The van der Waals surface area contributed by atoms with Crippen molar-refractivity contribution in [3.8, 4) is 0 Å². The number of carboxylic acids is 1. The van der Waals surface area contributed by atoms with Crippen molar-refractivity contribution in [2.24, 2.45) is 0 Å². The van der Waals surface area contributed by atoms with E-state index in [1.807, 2.05) is 0 Å². The van der Waals surface area contributed by atoms with Gasteiger partial charge in [-0.2, -0.15) is 0 Å². The molecule has 1 amide bonds. The van der Waals surface area contributed by atoms with Crippen LogP contribution in [-0.4, -0.2) is 52.8 Å². The molecule has 104 valence electrons. The quantitative estimate of drug-likeness (QED) is 0.863. The number of carboxylic acid groups (broad SMARTS) is 1. The number of likely N-dealkylation sites (tertiary alicyclic amines) is 1. The molecule has 1 aliphatic rings. The highest BCUT2D eigenvalue weighted by Crippen LogP contribution is 2.16. The Morgan fingerprint density at radius 2 is 2.21 bits per heavy atom. The summed E-state index contributed by atoms with van der Waals surface area (Å²) in [6, 6.07) is 1.61. The molecule has 1 fully saturated rings. The summed E-state index contributed by atoms with van der Waals surface area (Å²) in [5.74, 6) is -0.534. The number of carbonyl (C=O) groups excluding carboxylic acids is 1. The summed E-state index contributed by atoms with van der Waals surface area (Å²) in [5, 5.41) is 12.2. The largest absolute Gasteiger partial charge is 0.480 e. The van der Waals surface area contributed by atoms with Gasteiger partial charge in [0.25, 0.3) is 5.91 Å². The van der Waals surface area contributed by atoms with Gasteiger partial charge in [-0.3, -0.25) is 4.79 Å². The van der Waals surface area contributed by atoms with Crippen LogP contribution in [0.2, 0.25) is 0 Å². The topological polar surface area (TPSA) is 92.9 Å². The van der Waals surface area contributed by atoms with Gasteiger partial charge in [0.2, 0.25) is 0 Å². The number of hydrogen-bond donors (Lipinski definition) is 1. The van der Waals surface area contributed by atoms with Gasteiger partial charge in [-0.05, 0) is 19.8 Å². The third kappa shape index (κ3) is 3.54. The number of rotatable bonds is 4. The van der Waals surface area contributed by atoms with Crippen LogP contribution in [0.25, 0.3) is 0 Å². The lowest BCUT2D eigenvalue weighted by molar-refractivity contribution is -0.145. The third-order valence-corrected chi connectivity index (χ3v) is 3.02. The zero-order valence-electron chi connectivity index (χ0n) is 10.7. The Morgan fingerprint density at radius 3 is 2.74 bits per heavy atom. The number of aryl methyl sites for hydroxylation is 1. The van der Waals surface area contributed by atoms with Gasteiger partial charge in [-0.25, -0.2) is 4.79 Å². The average Bonchev–Trinajstić information content (AvgIpc) is 2.83. The molecule has 7 heteroatoms. The molecule has 1 N–H and O–H groups in total. The Kier molecular flexibility index (Phi) is 4.16. The molecule has 0 bridgehead atoms. The summed E-state index contributed by atoms with van der Waals surface area (Å²) >= 11 is 0. The van der Waals surface area contributed by atoms with Crippen LogP contribution in [0.5, 0.6) is 0 Å². The number of amides is 1. The second-order valence-corrected chi connectivity index (χ2v) is 4.52. The lowest BCUT2D eigenvalue weighted by atomic mass is 10.1. The number of nitrogens with zero attached hydrogens (tertiary/aromatic N) is 2. The van der Waals surface area contributed by atoms with E-state index >= 15 is 0 Å². The normalized spacial score (nSPS) is 16.6. The molecule has 0 aliphatic carbocycles. The van der Waals surface area contributed by atoms with Crippen LogP contribution in [0.1, 0.15) is 29.1 Å². The SMILES string of the molecule is Cc1cc(C(=O)N2CCC(OCC(=O)O)CC2)no1. The minimum atomic E-state index is -0.975. The smallest absolute Gasteiger partial charge is 0.329 e. The van der Waals surface area contributed by atoms with Crippen molar-refractivity contribution in [3.05, 3.63) is 17.5 Å². The number of piperidine rings is 1. The van der Waals surface area contributed by atoms with Crippen molar-refractivity contribution in [3.63, 3.8) is 0 Å². The van der Waals surface area contributed by atoms with Crippen molar-refractivity contribution in [2.45, 2.75) is 25.9 Å². The van der Waals surface area contributed by atoms with E-state index in [1.54, 1.807) is 17.9 Å². The monoisotopic (exact) mass is 268 g/mol. The number of carbonyl (C=O) groups is 2. The highest BCUT2D eigenvalue weighted by molar-refractivity contribution is 5.92. The van der Waals surface area contributed by atoms with Gasteiger partial charge < -0.3 is 19.3 Å². The highest BCUT2D eigenvalue weighted by atomic mass is 16.5. The van der Waals surface area contributed by atoms with Gasteiger partial charge >= 0.3 is 5.97 Å². The molecule has 0 spiro atoms. The summed E-state index contributed by atoms with van der Waals surface area (Å²) in [4.78, 5) is 24.1. The Bertz CT molecular complexity index is 462. The first kappa shape index (κ1) is 13.5. The second-order valence-electron chi connectivity index (χ2n) is 4.52. The van der Waals surface area contributed by atoms with E-state index in [1.165, 1.54) is 0 Å². The summed E-state index contributed by atoms with van der Waals surface area (Å²) in [7, 11) is 0. The van der Waals surface area contributed by atoms with Gasteiger partial charge in [-0.1, -0.05) is 5.16 Å². The lowest BCUT2D eigenvalue weighted by Gasteiger charge is -2.31. The molecule has 0 saturated carbocycles. The van der Waals surface area contributed by atoms with Crippen LogP contribution >= 0.6 is 0 Å². The van der Waals surface area contributed by atoms with E-state index in [0.717, 1.165) is 0 Å². The summed E-state index contributed by atoms with van der Waals surface area (Å²) in [5.41, 5.74) is 0.308. The van der Waals surface area contributed by atoms with Crippen LogP contribution < -0.4 is 0 Å². The van der Waals surface area contributed by atoms with Crippen LogP contribution in [-0.2, 0) is 9.53 Å². The van der Waals surface area contributed by atoms with E-state index in [2.05, 4.69) is 5.16 Å². The summed E-state index contributed by atoms with van der Waals surface area (Å²) < 4.78 is 10.1. The molecule has 0 unspecified atom stereocenters.